The van der Waals surface area contributed by atoms with Crippen molar-refractivity contribution in [3.63, 3.8) is 0 Å². The fourth-order valence-corrected chi connectivity index (χ4v) is 3.20. The molecule has 22 heavy (non-hydrogen) atoms. The monoisotopic (exact) mass is 375 g/mol. The first kappa shape index (κ1) is 15.0. The molecule has 0 spiro atoms. The Balaban J connectivity index is 2.44. The Morgan fingerprint density at radius 2 is 1.91 bits per heavy atom. The van der Waals surface area contributed by atoms with Crippen molar-refractivity contribution in [3.05, 3.63) is 64.7 Å². The first-order valence-electron chi connectivity index (χ1n) is 6.58. The number of aromatic carboxylic acids is 1. The van der Waals surface area contributed by atoms with Crippen LogP contribution in [0.2, 0.25) is 5.02 Å². The summed E-state index contributed by atoms with van der Waals surface area (Å²) >= 11 is 9.42. The molecule has 110 valence electrons. The molecular formula is C17H11BrClNO2. The first-order valence-corrected chi connectivity index (χ1v) is 8.08. The van der Waals surface area contributed by atoms with Gasteiger partial charge in [-0.15, -0.1) is 0 Å². The highest BCUT2D eigenvalue weighted by Crippen LogP contribution is 2.32. The van der Waals surface area contributed by atoms with Gasteiger partial charge in [0.2, 0.25) is 0 Å². The van der Waals surface area contributed by atoms with Gasteiger partial charge in [0.1, 0.15) is 0 Å². The molecule has 1 aromatic heterocycles. The molecule has 3 nitrogen and oxygen atoms in total. The van der Waals surface area contributed by atoms with Crippen LogP contribution < -0.4 is 0 Å². The van der Waals surface area contributed by atoms with Gasteiger partial charge in [0.25, 0.3) is 0 Å². The second-order valence-electron chi connectivity index (χ2n) is 4.78. The number of carbonyl (C=O) groups is 1. The Morgan fingerprint density at radius 3 is 2.55 bits per heavy atom. The smallest absolute Gasteiger partial charge is 0.336 e. The van der Waals surface area contributed by atoms with E-state index >= 15 is 0 Å². The van der Waals surface area contributed by atoms with E-state index in [1.807, 2.05) is 30.3 Å². The number of pyridine rings is 1. The third-order valence-corrected chi connectivity index (χ3v) is 4.24. The summed E-state index contributed by atoms with van der Waals surface area (Å²) in [7, 11) is 0. The van der Waals surface area contributed by atoms with E-state index in [0.29, 0.717) is 32.5 Å². The van der Waals surface area contributed by atoms with Gasteiger partial charge in [-0.25, -0.2) is 9.78 Å². The van der Waals surface area contributed by atoms with E-state index in [2.05, 4.69) is 20.9 Å². The van der Waals surface area contributed by atoms with Crippen molar-refractivity contribution in [3.8, 4) is 11.3 Å². The Morgan fingerprint density at radius 1 is 1.18 bits per heavy atom. The Hall–Kier alpha value is -1.91. The van der Waals surface area contributed by atoms with Crippen LogP contribution in [0.4, 0.5) is 0 Å². The fraction of sp³-hybridized carbons (Fsp3) is 0.0588. The summed E-state index contributed by atoms with van der Waals surface area (Å²) in [5, 5.41) is 11.2. The summed E-state index contributed by atoms with van der Waals surface area (Å²) < 4.78 is 0. The first-order chi connectivity index (χ1) is 10.6. The summed E-state index contributed by atoms with van der Waals surface area (Å²) in [6, 6.07) is 14.6. The predicted octanol–water partition coefficient (Wildman–Crippen LogP) is 5.15. The molecule has 3 rings (SSSR count). The molecule has 0 saturated heterocycles. The van der Waals surface area contributed by atoms with Gasteiger partial charge in [-0.3, -0.25) is 0 Å². The maximum Gasteiger partial charge on any atom is 0.336 e. The molecule has 2 aromatic carbocycles. The molecule has 0 fully saturated rings. The van der Waals surface area contributed by atoms with Gasteiger partial charge in [0.05, 0.1) is 16.8 Å². The van der Waals surface area contributed by atoms with E-state index in [1.165, 1.54) is 0 Å². The molecule has 0 aliphatic rings. The molecular weight excluding hydrogens is 366 g/mol. The summed E-state index contributed by atoms with van der Waals surface area (Å²) in [6.07, 6.45) is 0. The molecule has 0 bridgehead atoms. The molecule has 0 unspecified atom stereocenters. The highest BCUT2D eigenvalue weighted by molar-refractivity contribution is 9.08. The van der Waals surface area contributed by atoms with Crippen LogP contribution in [-0.4, -0.2) is 16.1 Å². The van der Waals surface area contributed by atoms with Crippen molar-refractivity contribution < 1.29 is 9.90 Å². The molecule has 0 atom stereocenters. The van der Waals surface area contributed by atoms with Gasteiger partial charge in [0, 0.05) is 26.9 Å². The van der Waals surface area contributed by atoms with E-state index in [-0.39, 0.29) is 5.56 Å². The number of alkyl halides is 1. The van der Waals surface area contributed by atoms with Crippen LogP contribution >= 0.6 is 27.5 Å². The quantitative estimate of drug-likeness (QED) is 0.643. The number of rotatable bonds is 3. The van der Waals surface area contributed by atoms with Crippen molar-refractivity contribution in [1.29, 1.82) is 0 Å². The summed E-state index contributed by atoms with van der Waals surface area (Å²) in [4.78, 5) is 16.4. The molecule has 1 heterocycles. The SMILES string of the molecule is O=C(O)c1c(CBr)c(-c2ccccc2)nc2cc(Cl)ccc12. The van der Waals surface area contributed by atoms with Crippen molar-refractivity contribution in [2.24, 2.45) is 0 Å². The minimum atomic E-state index is -0.971. The summed E-state index contributed by atoms with van der Waals surface area (Å²) in [6.45, 7) is 0. The van der Waals surface area contributed by atoms with Crippen LogP contribution in [0.3, 0.4) is 0 Å². The third kappa shape index (κ3) is 2.60. The number of benzene rings is 2. The molecule has 0 aliphatic carbocycles. The number of hydrogen-bond donors (Lipinski definition) is 1. The zero-order valence-electron chi connectivity index (χ0n) is 11.4. The Labute approximate surface area is 140 Å². The maximum atomic E-state index is 11.8. The molecule has 0 saturated carbocycles. The number of fused-ring (bicyclic) bond motifs is 1. The largest absolute Gasteiger partial charge is 0.478 e. The standard InChI is InChI=1S/C17H11BrClNO2/c18-9-13-15(17(21)22)12-7-6-11(19)8-14(12)20-16(13)10-4-2-1-3-5-10/h1-8H,9H2,(H,21,22). The van der Waals surface area contributed by atoms with Crippen LogP contribution in [-0.2, 0) is 5.33 Å². The summed E-state index contributed by atoms with van der Waals surface area (Å²) in [5.74, 6) is -0.971. The molecule has 0 amide bonds. The van der Waals surface area contributed by atoms with Gasteiger partial charge < -0.3 is 5.11 Å². The average Bonchev–Trinajstić information content (AvgIpc) is 2.53. The van der Waals surface area contributed by atoms with Crippen LogP contribution in [0.5, 0.6) is 0 Å². The number of aromatic nitrogens is 1. The lowest BCUT2D eigenvalue weighted by Crippen LogP contribution is -2.06. The molecule has 3 aromatic rings. The molecule has 5 heteroatoms. The van der Waals surface area contributed by atoms with Gasteiger partial charge in [-0.1, -0.05) is 63.9 Å². The lowest BCUT2D eigenvalue weighted by atomic mass is 9.98. The van der Waals surface area contributed by atoms with Crippen LogP contribution in [0.25, 0.3) is 22.2 Å². The maximum absolute atomic E-state index is 11.8. The van der Waals surface area contributed by atoms with Crippen LogP contribution in [0, 0.1) is 0 Å². The van der Waals surface area contributed by atoms with Gasteiger partial charge in [0.15, 0.2) is 0 Å². The second kappa shape index (κ2) is 6.07. The number of carboxylic acids is 1. The van der Waals surface area contributed by atoms with Crippen LogP contribution in [0.15, 0.2) is 48.5 Å². The average molecular weight is 377 g/mol. The lowest BCUT2D eigenvalue weighted by Gasteiger charge is -2.13. The van der Waals surface area contributed by atoms with E-state index in [4.69, 9.17) is 11.6 Å². The van der Waals surface area contributed by atoms with Gasteiger partial charge in [-0.05, 0) is 12.1 Å². The predicted molar refractivity (Wildman–Crippen MR) is 91.8 cm³/mol. The number of nitrogens with zero attached hydrogens (tertiary/aromatic N) is 1. The fourth-order valence-electron chi connectivity index (χ4n) is 2.49. The normalized spacial score (nSPS) is 10.8. The topological polar surface area (TPSA) is 50.2 Å². The number of hydrogen-bond acceptors (Lipinski definition) is 2. The zero-order chi connectivity index (χ0) is 15.7. The van der Waals surface area contributed by atoms with Gasteiger partial charge >= 0.3 is 5.97 Å². The van der Waals surface area contributed by atoms with E-state index in [0.717, 1.165) is 5.56 Å². The molecule has 1 N–H and O–H groups in total. The van der Waals surface area contributed by atoms with Crippen molar-refractivity contribution in [2.45, 2.75) is 5.33 Å². The number of halogens is 2. The zero-order valence-corrected chi connectivity index (χ0v) is 13.7. The van der Waals surface area contributed by atoms with Crippen molar-refractivity contribution >= 4 is 44.4 Å². The number of carboxylic acid groups (broad SMARTS) is 1. The van der Waals surface area contributed by atoms with E-state index < -0.39 is 5.97 Å². The van der Waals surface area contributed by atoms with Crippen molar-refractivity contribution in [1.82, 2.24) is 4.98 Å². The minimum Gasteiger partial charge on any atom is -0.478 e. The second-order valence-corrected chi connectivity index (χ2v) is 5.78. The lowest BCUT2D eigenvalue weighted by molar-refractivity contribution is 0.0698. The highest BCUT2D eigenvalue weighted by Gasteiger charge is 2.20. The Kier molecular flexibility index (Phi) is 4.14. The van der Waals surface area contributed by atoms with Gasteiger partial charge in [-0.2, -0.15) is 0 Å². The van der Waals surface area contributed by atoms with Crippen molar-refractivity contribution in [2.75, 3.05) is 0 Å². The van der Waals surface area contributed by atoms with E-state index in [1.54, 1.807) is 18.2 Å². The Bertz CT molecular complexity index is 865. The highest BCUT2D eigenvalue weighted by atomic mass is 79.9. The molecule has 0 radical (unpaired) electrons. The van der Waals surface area contributed by atoms with Crippen LogP contribution in [0.1, 0.15) is 15.9 Å². The molecule has 0 aliphatic heterocycles. The minimum absolute atomic E-state index is 0.261. The summed E-state index contributed by atoms with van der Waals surface area (Å²) in [5.41, 5.74) is 3.03. The third-order valence-electron chi connectivity index (χ3n) is 3.44. The van der Waals surface area contributed by atoms with E-state index in [9.17, 15) is 9.90 Å².